The summed E-state index contributed by atoms with van der Waals surface area (Å²) in [6, 6.07) is 0. The van der Waals surface area contributed by atoms with Gasteiger partial charge in [-0.05, 0) is 0 Å². The van der Waals surface area contributed by atoms with Crippen LogP contribution in [0.15, 0.2) is 0 Å². The Labute approximate surface area is 48.3 Å². The molecule has 0 saturated heterocycles. The monoisotopic (exact) mass is 108 g/mol. The highest BCUT2D eigenvalue weighted by molar-refractivity contribution is 5.85. The van der Waals surface area contributed by atoms with Crippen LogP contribution in [0.2, 0.25) is 0 Å². The van der Waals surface area contributed by atoms with E-state index in [2.05, 4.69) is 13.8 Å². The molecule has 40 valence electrons. The third-order valence-electron chi connectivity index (χ3n) is 0.500. The first-order valence-corrected chi connectivity index (χ1v) is 1.91. The molecule has 0 aromatic carbocycles. The van der Waals surface area contributed by atoms with Gasteiger partial charge in [0.05, 0.1) is 8.41 Å². The molecule has 0 heterocycles. The molecule has 0 aliphatic carbocycles. The standard InChI is InChI=1S/C4H10.BH3.ClH/c1-3-4-2;;/h3-4H2,1-2H3;1H3;1H. The largest absolute Gasteiger partial charge is 0.147 e. The third kappa shape index (κ3) is 26.7. The minimum Gasteiger partial charge on any atom is -0.147 e. The van der Waals surface area contributed by atoms with E-state index in [1.54, 1.807) is 0 Å². The summed E-state index contributed by atoms with van der Waals surface area (Å²) in [6.07, 6.45) is 2.64. The molecular formula is C4H14BCl. The molecule has 0 unspecified atom stereocenters. The van der Waals surface area contributed by atoms with E-state index in [9.17, 15) is 0 Å². The summed E-state index contributed by atoms with van der Waals surface area (Å²) in [5.41, 5.74) is 0. The molecule has 0 aliphatic heterocycles. The van der Waals surface area contributed by atoms with Crippen LogP contribution in [0.4, 0.5) is 0 Å². The van der Waals surface area contributed by atoms with Gasteiger partial charge in [-0.15, -0.1) is 12.4 Å². The Morgan fingerprint density at radius 2 is 1.17 bits per heavy atom. The second-order valence-corrected chi connectivity index (χ2v) is 1.000. The summed E-state index contributed by atoms with van der Waals surface area (Å²) in [6.45, 7) is 4.36. The van der Waals surface area contributed by atoms with Crippen LogP contribution in [0.25, 0.3) is 0 Å². The maximum absolute atomic E-state index is 2.18. The second kappa shape index (κ2) is 18.3. The first-order valence-electron chi connectivity index (χ1n) is 1.91. The fraction of sp³-hybridized carbons (Fsp3) is 1.00. The van der Waals surface area contributed by atoms with E-state index in [1.165, 1.54) is 12.8 Å². The third-order valence-corrected chi connectivity index (χ3v) is 0.500. The quantitative estimate of drug-likeness (QED) is 0.441. The Morgan fingerprint density at radius 3 is 1.17 bits per heavy atom. The van der Waals surface area contributed by atoms with E-state index in [1.807, 2.05) is 0 Å². The number of halogens is 1. The predicted octanol–water partition coefficient (Wildman–Crippen LogP) is 1.04. The lowest BCUT2D eigenvalue weighted by Gasteiger charge is -1.68. The van der Waals surface area contributed by atoms with Gasteiger partial charge in [-0.25, -0.2) is 0 Å². The summed E-state index contributed by atoms with van der Waals surface area (Å²) < 4.78 is 0. The minimum atomic E-state index is 0. The van der Waals surface area contributed by atoms with Crippen molar-refractivity contribution < 1.29 is 0 Å². The average Bonchev–Trinajstić information content (AvgIpc) is 1.37. The van der Waals surface area contributed by atoms with Crippen LogP contribution in [-0.4, -0.2) is 8.41 Å². The molecule has 0 aromatic rings. The van der Waals surface area contributed by atoms with Crippen molar-refractivity contribution >= 4 is 20.8 Å². The van der Waals surface area contributed by atoms with Gasteiger partial charge in [0.15, 0.2) is 0 Å². The van der Waals surface area contributed by atoms with Crippen LogP contribution in [0.5, 0.6) is 0 Å². The summed E-state index contributed by atoms with van der Waals surface area (Å²) >= 11 is 0. The molecule has 0 N–H and O–H groups in total. The summed E-state index contributed by atoms with van der Waals surface area (Å²) in [5.74, 6) is 0. The van der Waals surface area contributed by atoms with E-state index < -0.39 is 0 Å². The molecule has 0 bridgehead atoms. The van der Waals surface area contributed by atoms with Crippen LogP contribution in [0.3, 0.4) is 0 Å². The van der Waals surface area contributed by atoms with Gasteiger partial charge < -0.3 is 0 Å². The first kappa shape index (κ1) is 16.2. The van der Waals surface area contributed by atoms with Crippen LogP contribution in [-0.2, 0) is 0 Å². The van der Waals surface area contributed by atoms with Gasteiger partial charge in [0.1, 0.15) is 0 Å². The van der Waals surface area contributed by atoms with Crippen molar-refractivity contribution in [2.24, 2.45) is 0 Å². The van der Waals surface area contributed by atoms with Crippen molar-refractivity contribution in [3.05, 3.63) is 0 Å². The minimum absolute atomic E-state index is 0. The Balaban J connectivity index is -0.0000000450. The molecule has 0 amide bonds. The number of unbranched alkanes of at least 4 members (excludes halogenated alkanes) is 1. The van der Waals surface area contributed by atoms with Crippen molar-refractivity contribution in [1.29, 1.82) is 0 Å². The van der Waals surface area contributed by atoms with Crippen molar-refractivity contribution in [2.75, 3.05) is 0 Å². The zero-order valence-corrected chi connectivity index (χ0v) is 4.64. The maximum Gasteiger partial charge on any atom is 0.0814 e. The molecule has 0 spiro atoms. The smallest absolute Gasteiger partial charge is 0.0814 e. The SMILES string of the molecule is B.CCCC.Cl. The predicted molar refractivity (Wildman–Crippen MR) is 37.8 cm³/mol. The zero-order chi connectivity index (χ0) is 3.41. The molecule has 0 aromatic heterocycles. The van der Waals surface area contributed by atoms with Gasteiger partial charge in [0.2, 0.25) is 0 Å². The molecule has 0 nitrogen and oxygen atoms in total. The molecule has 0 rings (SSSR count). The maximum atomic E-state index is 2.18. The molecule has 0 saturated carbocycles. The molecule has 0 radical (unpaired) electrons. The highest BCUT2D eigenvalue weighted by atomic mass is 35.5. The Morgan fingerprint density at radius 1 is 1.00 bits per heavy atom. The van der Waals surface area contributed by atoms with Gasteiger partial charge >= 0.3 is 0 Å². The Hall–Kier alpha value is 0.355. The van der Waals surface area contributed by atoms with Gasteiger partial charge in [-0.3, -0.25) is 0 Å². The van der Waals surface area contributed by atoms with E-state index in [0.29, 0.717) is 0 Å². The molecule has 2 heteroatoms. The zero-order valence-electron chi connectivity index (χ0n) is 3.82. The Bertz CT molecular complexity index is 9.51. The average molecular weight is 108 g/mol. The van der Waals surface area contributed by atoms with Crippen LogP contribution < -0.4 is 0 Å². The van der Waals surface area contributed by atoms with E-state index in [4.69, 9.17) is 0 Å². The normalized spacial score (nSPS) is 5.00. The van der Waals surface area contributed by atoms with E-state index >= 15 is 0 Å². The lowest BCUT2D eigenvalue weighted by molar-refractivity contribution is 0.886. The van der Waals surface area contributed by atoms with Gasteiger partial charge in [0.25, 0.3) is 0 Å². The van der Waals surface area contributed by atoms with Crippen LogP contribution in [0, 0.1) is 0 Å². The summed E-state index contributed by atoms with van der Waals surface area (Å²) in [7, 11) is 0. The highest BCUT2D eigenvalue weighted by Gasteiger charge is 1.56. The fourth-order valence-electron chi connectivity index (χ4n) is 0. The molecule has 0 fully saturated rings. The number of hydrogen-bond donors (Lipinski definition) is 0. The van der Waals surface area contributed by atoms with Gasteiger partial charge in [-0.2, -0.15) is 0 Å². The molecular weight excluding hydrogens is 94.3 g/mol. The molecule has 0 atom stereocenters. The van der Waals surface area contributed by atoms with Crippen LogP contribution >= 0.6 is 12.4 Å². The second-order valence-electron chi connectivity index (χ2n) is 1.000. The van der Waals surface area contributed by atoms with E-state index in [-0.39, 0.29) is 20.8 Å². The molecule has 6 heavy (non-hydrogen) atoms. The van der Waals surface area contributed by atoms with Crippen molar-refractivity contribution in [3.63, 3.8) is 0 Å². The topological polar surface area (TPSA) is 0 Å². The number of rotatable bonds is 1. The van der Waals surface area contributed by atoms with E-state index in [0.717, 1.165) is 0 Å². The van der Waals surface area contributed by atoms with Crippen molar-refractivity contribution in [2.45, 2.75) is 26.7 Å². The van der Waals surface area contributed by atoms with Gasteiger partial charge in [-0.1, -0.05) is 26.7 Å². The van der Waals surface area contributed by atoms with Crippen LogP contribution in [0.1, 0.15) is 26.7 Å². The van der Waals surface area contributed by atoms with Gasteiger partial charge in [0, 0.05) is 0 Å². The first-order chi connectivity index (χ1) is 1.91. The summed E-state index contributed by atoms with van der Waals surface area (Å²) in [4.78, 5) is 0. The highest BCUT2D eigenvalue weighted by Crippen LogP contribution is 1.76. The number of hydrogen-bond acceptors (Lipinski definition) is 0. The van der Waals surface area contributed by atoms with Crippen molar-refractivity contribution in [3.8, 4) is 0 Å². The lowest BCUT2D eigenvalue weighted by Crippen LogP contribution is -1.47. The Kier molecular flexibility index (Phi) is 49.4. The summed E-state index contributed by atoms with van der Waals surface area (Å²) in [5, 5.41) is 0. The van der Waals surface area contributed by atoms with Crippen molar-refractivity contribution in [1.82, 2.24) is 0 Å². The lowest BCUT2D eigenvalue weighted by atomic mass is 10.4. The molecule has 0 aliphatic rings. The fourth-order valence-corrected chi connectivity index (χ4v) is 0.